The molecule has 0 atom stereocenters. The van der Waals surface area contributed by atoms with Gasteiger partial charge in [-0.1, -0.05) is 0 Å². The van der Waals surface area contributed by atoms with Gasteiger partial charge in [-0.2, -0.15) is 4.98 Å². The molecule has 0 spiro atoms. The number of rotatable bonds is 6. The lowest BCUT2D eigenvalue weighted by molar-refractivity contribution is 0.102. The first-order valence-electron chi connectivity index (χ1n) is 10.1. The number of aryl methyl sites for hydroxylation is 1. The van der Waals surface area contributed by atoms with Gasteiger partial charge in [0.1, 0.15) is 5.82 Å². The molecule has 31 heavy (non-hydrogen) atoms. The molecule has 1 aliphatic rings. The van der Waals surface area contributed by atoms with Crippen LogP contribution in [0.25, 0.3) is 0 Å². The molecule has 160 valence electrons. The second-order valence-electron chi connectivity index (χ2n) is 7.39. The van der Waals surface area contributed by atoms with Crippen LogP contribution in [0.1, 0.15) is 28.9 Å². The molecule has 1 amide bonds. The normalized spacial score (nSPS) is 13.2. The van der Waals surface area contributed by atoms with E-state index in [9.17, 15) is 9.18 Å². The number of ether oxygens (including phenoxy) is 1. The molecule has 4 rings (SSSR count). The molecule has 2 heterocycles. The minimum atomic E-state index is -0.580. The number of carbonyl (C=O) groups excluding carboxylic acids is 1. The number of hydrogen-bond acceptors (Lipinski definition) is 6. The summed E-state index contributed by atoms with van der Waals surface area (Å²) in [5, 5.41) is 6.05. The van der Waals surface area contributed by atoms with E-state index in [1.54, 1.807) is 12.1 Å². The zero-order chi connectivity index (χ0) is 21.8. The van der Waals surface area contributed by atoms with Crippen LogP contribution in [0.4, 0.5) is 27.5 Å². The van der Waals surface area contributed by atoms with E-state index in [0.29, 0.717) is 5.69 Å². The van der Waals surface area contributed by atoms with Crippen LogP contribution in [-0.4, -0.2) is 36.1 Å². The van der Waals surface area contributed by atoms with E-state index in [-0.39, 0.29) is 11.3 Å². The minimum absolute atomic E-state index is 0.0971. The predicted octanol–water partition coefficient (Wildman–Crippen LogP) is 4.53. The van der Waals surface area contributed by atoms with Gasteiger partial charge in [0, 0.05) is 41.8 Å². The average Bonchev–Trinajstić information content (AvgIpc) is 3.30. The van der Waals surface area contributed by atoms with Crippen LogP contribution in [0.15, 0.2) is 48.5 Å². The number of hydrogen-bond donors (Lipinski definition) is 2. The van der Waals surface area contributed by atoms with Crippen LogP contribution >= 0.6 is 0 Å². The van der Waals surface area contributed by atoms with Crippen LogP contribution < -0.4 is 20.3 Å². The first-order valence-corrected chi connectivity index (χ1v) is 10.1. The molecule has 7 nitrogen and oxygen atoms in total. The molecular formula is C23H24FN5O2. The standard InChI is InChI=1S/C23H24FN5O2/c1-15-13-21(28-23(25-15)29-11-3-4-12-29)26-17-6-8-18(9-7-17)27-22(30)16-5-10-20(31-2)19(24)14-16/h5-10,13-14H,3-4,11-12H2,1-2H3,(H,27,30)(H,25,26,28). The van der Waals surface area contributed by atoms with E-state index in [4.69, 9.17) is 4.74 Å². The number of nitrogens with zero attached hydrogens (tertiary/aromatic N) is 3. The molecule has 3 aromatic rings. The maximum atomic E-state index is 13.8. The number of amides is 1. The predicted molar refractivity (Wildman–Crippen MR) is 119 cm³/mol. The molecular weight excluding hydrogens is 397 g/mol. The maximum Gasteiger partial charge on any atom is 0.255 e. The number of aromatic nitrogens is 2. The van der Waals surface area contributed by atoms with Gasteiger partial charge in [0.25, 0.3) is 5.91 Å². The molecule has 0 aliphatic carbocycles. The lowest BCUT2D eigenvalue weighted by Gasteiger charge is -2.17. The Morgan fingerprint density at radius 2 is 1.74 bits per heavy atom. The van der Waals surface area contributed by atoms with Crippen molar-refractivity contribution >= 4 is 29.0 Å². The number of nitrogens with one attached hydrogen (secondary N) is 2. The molecule has 1 saturated heterocycles. The van der Waals surface area contributed by atoms with E-state index < -0.39 is 11.7 Å². The van der Waals surface area contributed by atoms with Crippen LogP contribution in [-0.2, 0) is 0 Å². The Morgan fingerprint density at radius 1 is 1.03 bits per heavy atom. The van der Waals surface area contributed by atoms with E-state index in [1.807, 2.05) is 25.1 Å². The van der Waals surface area contributed by atoms with Gasteiger partial charge in [0.15, 0.2) is 11.6 Å². The van der Waals surface area contributed by atoms with Gasteiger partial charge < -0.3 is 20.3 Å². The van der Waals surface area contributed by atoms with Crippen molar-refractivity contribution in [1.29, 1.82) is 0 Å². The third-order valence-electron chi connectivity index (χ3n) is 5.06. The van der Waals surface area contributed by atoms with Gasteiger partial charge in [-0.25, -0.2) is 9.37 Å². The Labute approximate surface area is 180 Å². The smallest absolute Gasteiger partial charge is 0.255 e. The van der Waals surface area contributed by atoms with Gasteiger partial charge in [-0.15, -0.1) is 0 Å². The fraction of sp³-hybridized carbons (Fsp3) is 0.261. The second kappa shape index (κ2) is 8.99. The summed E-state index contributed by atoms with van der Waals surface area (Å²) < 4.78 is 18.7. The third kappa shape index (κ3) is 4.91. The molecule has 0 radical (unpaired) electrons. The lowest BCUT2D eigenvalue weighted by Crippen LogP contribution is -2.21. The Bertz CT molecular complexity index is 1080. The topological polar surface area (TPSA) is 79.4 Å². The maximum absolute atomic E-state index is 13.8. The largest absolute Gasteiger partial charge is 0.494 e. The summed E-state index contributed by atoms with van der Waals surface area (Å²) >= 11 is 0. The van der Waals surface area contributed by atoms with Crippen LogP contribution in [0.3, 0.4) is 0 Å². The van der Waals surface area contributed by atoms with Crippen molar-refractivity contribution in [3.05, 3.63) is 65.6 Å². The average molecular weight is 421 g/mol. The van der Waals surface area contributed by atoms with Crippen molar-refractivity contribution in [1.82, 2.24) is 9.97 Å². The van der Waals surface area contributed by atoms with Gasteiger partial charge in [0.05, 0.1) is 7.11 Å². The molecule has 0 bridgehead atoms. The highest BCUT2D eigenvalue weighted by atomic mass is 19.1. The van der Waals surface area contributed by atoms with Crippen LogP contribution in [0, 0.1) is 12.7 Å². The molecule has 1 fully saturated rings. The van der Waals surface area contributed by atoms with Gasteiger partial charge >= 0.3 is 0 Å². The summed E-state index contributed by atoms with van der Waals surface area (Å²) in [6, 6.07) is 13.2. The first kappa shape index (κ1) is 20.6. The van der Waals surface area contributed by atoms with Crippen molar-refractivity contribution in [2.24, 2.45) is 0 Å². The summed E-state index contributed by atoms with van der Waals surface area (Å²) in [5.41, 5.74) is 2.55. The molecule has 2 N–H and O–H groups in total. The SMILES string of the molecule is COc1ccc(C(=O)Nc2ccc(Nc3cc(C)nc(N4CCCC4)n3)cc2)cc1F. The van der Waals surface area contributed by atoms with Crippen molar-refractivity contribution in [2.75, 3.05) is 35.7 Å². The zero-order valence-corrected chi connectivity index (χ0v) is 17.5. The Hall–Kier alpha value is -3.68. The van der Waals surface area contributed by atoms with E-state index >= 15 is 0 Å². The number of halogens is 1. The number of anilines is 4. The summed E-state index contributed by atoms with van der Waals surface area (Å²) in [6.45, 7) is 3.91. The van der Waals surface area contributed by atoms with Crippen molar-refractivity contribution in [3.63, 3.8) is 0 Å². The quantitative estimate of drug-likeness (QED) is 0.609. The monoisotopic (exact) mass is 421 g/mol. The third-order valence-corrected chi connectivity index (χ3v) is 5.06. The Balaban J connectivity index is 1.42. The Morgan fingerprint density at radius 3 is 2.42 bits per heavy atom. The molecule has 1 aliphatic heterocycles. The van der Waals surface area contributed by atoms with Crippen molar-refractivity contribution < 1.29 is 13.9 Å². The van der Waals surface area contributed by atoms with Gasteiger partial charge in [0.2, 0.25) is 5.95 Å². The second-order valence-corrected chi connectivity index (χ2v) is 7.39. The zero-order valence-electron chi connectivity index (χ0n) is 17.5. The molecule has 0 unspecified atom stereocenters. The van der Waals surface area contributed by atoms with E-state index in [2.05, 4.69) is 25.5 Å². The van der Waals surface area contributed by atoms with Crippen molar-refractivity contribution in [3.8, 4) is 5.75 Å². The molecule has 2 aromatic carbocycles. The molecule has 1 aromatic heterocycles. The lowest BCUT2D eigenvalue weighted by atomic mass is 10.2. The van der Waals surface area contributed by atoms with E-state index in [1.165, 1.54) is 19.2 Å². The summed E-state index contributed by atoms with van der Waals surface area (Å²) in [5.74, 6) is 0.586. The first-order chi connectivity index (χ1) is 15.0. The van der Waals surface area contributed by atoms with Crippen LogP contribution in [0.2, 0.25) is 0 Å². The van der Waals surface area contributed by atoms with Gasteiger partial charge in [-0.3, -0.25) is 4.79 Å². The molecule has 8 heteroatoms. The summed E-state index contributed by atoms with van der Waals surface area (Å²) in [7, 11) is 1.38. The fourth-order valence-electron chi connectivity index (χ4n) is 3.47. The highest BCUT2D eigenvalue weighted by molar-refractivity contribution is 6.04. The summed E-state index contributed by atoms with van der Waals surface area (Å²) in [6.07, 6.45) is 2.33. The van der Waals surface area contributed by atoms with Crippen LogP contribution in [0.5, 0.6) is 5.75 Å². The van der Waals surface area contributed by atoms with Gasteiger partial charge in [-0.05, 0) is 62.2 Å². The summed E-state index contributed by atoms with van der Waals surface area (Å²) in [4.78, 5) is 23.8. The highest BCUT2D eigenvalue weighted by Gasteiger charge is 2.16. The number of methoxy groups -OCH3 is 1. The highest BCUT2D eigenvalue weighted by Crippen LogP contribution is 2.23. The fourth-order valence-corrected chi connectivity index (χ4v) is 3.47. The minimum Gasteiger partial charge on any atom is -0.494 e. The molecule has 0 saturated carbocycles. The Kier molecular flexibility index (Phi) is 5.97. The number of carbonyl (C=O) groups is 1. The van der Waals surface area contributed by atoms with E-state index in [0.717, 1.165) is 55.1 Å². The number of benzene rings is 2. The van der Waals surface area contributed by atoms with Crippen molar-refractivity contribution in [2.45, 2.75) is 19.8 Å².